The van der Waals surface area contributed by atoms with Gasteiger partial charge in [-0.25, -0.2) is 9.90 Å². The average Bonchev–Trinajstić information content (AvgIpc) is 2.78. The monoisotopic (exact) mass is 221 g/mol. The van der Waals surface area contributed by atoms with Gasteiger partial charge < -0.3 is 4.74 Å². The van der Waals surface area contributed by atoms with Crippen molar-refractivity contribution in [3.05, 3.63) is 35.9 Å². The fraction of sp³-hybridized carbons (Fsp3) is 0.417. The van der Waals surface area contributed by atoms with Crippen molar-refractivity contribution in [1.29, 1.82) is 0 Å². The van der Waals surface area contributed by atoms with Gasteiger partial charge in [0.25, 0.3) is 5.91 Å². The maximum atomic E-state index is 11.9. The molecule has 0 radical (unpaired) electrons. The largest absolute Gasteiger partial charge is 0.350 e. The molecule has 0 aromatic heterocycles. The second kappa shape index (κ2) is 5.09. The predicted molar refractivity (Wildman–Crippen MR) is 58.6 cm³/mol. The Kier molecular flexibility index (Phi) is 3.54. The molecule has 0 unspecified atom stereocenters. The normalized spacial score (nSPS) is 20.1. The third-order valence-corrected chi connectivity index (χ3v) is 2.41. The standard InChI is InChI=1S/C12H15NO3/c1-2-15-11-8-9-13(16-11)12(14)10-6-4-3-5-7-10/h3-7,11H,2,8-9H2,1H3/t11-/m0/s1. The van der Waals surface area contributed by atoms with Crippen LogP contribution in [-0.2, 0) is 9.57 Å². The van der Waals surface area contributed by atoms with Gasteiger partial charge in [0.15, 0.2) is 6.29 Å². The molecule has 4 nitrogen and oxygen atoms in total. The van der Waals surface area contributed by atoms with Crippen LogP contribution in [0, 0.1) is 0 Å². The number of hydrogen-bond acceptors (Lipinski definition) is 3. The number of amides is 1. The highest BCUT2D eigenvalue weighted by atomic mass is 16.8. The number of ether oxygens (including phenoxy) is 1. The van der Waals surface area contributed by atoms with Gasteiger partial charge in [-0.2, -0.15) is 0 Å². The average molecular weight is 221 g/mol. The molecule has 0 saturated carbocycles. The summed E-state index contributed by atoms with van der Waals surface area (Å²) in [6, 6.07) is 9.11. The summed E-state index contributed by atoms with van der Waals surface area (Å²) >= 11 is 0. The summed E-state index contributed by atoms with van der Waals surface area (Å²) in [5.74, 6) is -0.109. The summed E-state index contributed by atoms with van der Waals surface area (Å²) in [7, 11) is 0. The Balaban J connectivity index is 1.97. The minimum absolute atomic E-state index is 0.109. The smallest absolute Gasteiger partial charge is 0.277 e. The van der Waals surface area contributed by atoms with Crippen molar-refractivity contribution in [3.8, 4) is 0 Å². The van der Waals surface area contributed by atoms with Crippen LogP contribution < -0.4 is 0 Å². The molecular weight excluding hydrogens is 206 g/mol. The highest BCUT2D eigenvalue weighted by Gasteiger charge is 2.28. The van der Waals surface area contributed by atoms with E-state index in [1.807, 2.05) is 25.1 Å². The lowest BCUT2D eigenvalue weighted by Crippen LogP contribution is -2.28. The van der Waals surface area contributed by atoms with Crippen molar-refractivity contribution in [1.82, 2.24) is 5.06 Å². The Morgan fingerprint density at radius 2 is 2.25 bits per heavy atom. The first-order valence-electron chi connectivity index (χ1n) is 5.46. The zero-order chi connectivity index (χ0) is 11.4. The second-order valence-corrected chi connectivity index (χ2v) is 3.55. The van der Waals surface area contributed by atoms with Crippen LogP contribution in [0.4, 0.5) is 0 Å². The van der Waals surface area contributed by atoms with Crippen molar-refractivity contribution in [2.75, 3.05) is 13.2 Å². The molecular formula is C12H15NO3. The lowest BCUT2D eigenvalue weighted by atomic mass is 10.2. The molecule has 1 aromatic rings. The van der Waals surface area contributed by atoms with Crippen molar-refractivity contribution in [3.63, 3.8) is 0 Å². The van der Waals surface area contributed by atoms with Gasteiger partial charge >= 0.3 is 0 Å². The molecule has 1 atom stereocenters. The third kappa shape index (κ3) is 2.40. The molecule has 4 heteroatoms. The fourth-order valence-electron chi connectivity index (χ4n) is 1.64. The van der Waals surface area contributed by atoms with Crippen LogP contribution in [0.1, 0.15) is 23.7 Å². The molecule has 2 rings (SSSR count). The Labute approximate surface area is 94.7 Å². The minimum Gasteiger partial charge on any atom is -0.350 e. The van der Waals surface area contributed by atoms with Gasteiger partial charge in [-0.3, -0.25) is 4.79 Å². The summed E-state index contributed by atoms with van der Waals surface area (Å²) in [6.07, 6.45) is 0.449. The van der Waals surface area contributed by atoms with Crippen molar-refractivity contribution >= 4 is 5.91 Å². The third-order valence-electron chi connectivity index (χ3n) is 2.41. The highest BCUT2D eigenvalue weighted by molar-refractivity contribution is 5.93. The Hall–Kier alpha value is -1.39. The Bertz CT molecular complexity index is 353. The summed E-state index contributed by atoms with van der Waals surface area (Å²) in [6.45, 7) is 3.08. The molecule has 0 aliphatic carbocycles. The SMILES string of the molecule is CCO[C@@H]1CCN(C(=O)c2ccccc2)O1. The zero-order valence-electron chi connectivity index (χ0n) is 9.26. The molecule has 86 valence electrons. The molecule has 1 aromatic carbocycles. The molecule has 16 heavy (non-hydrogen) atoms. The first-order valence-corrected chi connectivity index (χ1v) is 5.46. The van der Waals surface area contributed by atoms with E-state index >= 15 is 0 Å². The van der Waals surface area contributed by atoms with Gasteiger partial charge in [0.05, 0.1) is 6.54 Å². The van der Waals surface area contributed by atoms with E-state index in [9.17, 15) is 4.79 Å². The topological polar surface area (TPSA) is 38.8 Å². The van der Waals surface area contributed by atoms with Gasteiger partial charge in [0.2, 0.25) is 0 Å². The number of benzene rings is 1. The number of hydrogen-bond donors (Lipinski definition) is 0. The maximum absolute atomic E-state index is 11.9. The van der Waals surface area contributed by atoms with E-state index < -0.39 is 0 Å². The van der Waals surface area contributed by atoms with E-state index in [0.29, 0.717) is 18.7 Å². The van der Waals surface area contributed by atoms with E-state index in [1.165, 1.54) is 5.06 Å². The first kappa shape index (κ1) is 11.1. The maximum Gasteiger partial charge on any atom is 0.277 e. The number of rotatable bonds is 3. The van der Waals surface area contributed by atoms with Crippen LogP contribution in [0.25, 0.3) is 0 Å². The molecule has 0 spiro atoms. The second-order valence-electron chi connectivity index (χ2n) is 3.55. The summed E-state index contributed by atoms with van der Waals surface area (Å²) < 4.78 is 5.30. The molecule has 1 heterocycles. The molecule has 1 fully saturated rings. The molecule has 1 amide bonds. The van der Waals surface area contributed by atoms with Crippen LogP contribution in [0.15, 0.2) is 30.3 Å². The van der Waals surface area contributed by atoms with Crippen molar-refractivity contribution in [2.45, 2.75) is 19.6 Å². The summed E-state index contributed by atoms with van der Waals surface area (Å²) in [4.78, 5) is 17.3. The number of carbonyl (C=O) groups is 1. The van der Waals surface area contributed by atoms with E-state index in [4.69, 9.17) is 9.57 Å². The van der Waals surface area contributed by atoms with Crippen molar-refractivity contribution < 1.29 is 14.4 Å². The predicted octanol–water partition coefficient (Wildman–Crippen LogP) is 1.83. The fourth-order valence-corrected chi connectivity index (χ4v) is 1.64. The van der Waals surface area contributed by atoms with Gasteiger partial charge in [-0.15, -0.1) is 0 Å². The molecule has 1 aliphatic heterocycles. The lowest BCUT2D eigenvalue weighted by molar-refractivity contribution is -0.207. The van der Waals surface area contributed by atoms with Gasteiger partial charge in [-0.05, 0) is 19.1 Å². The van der Waals surface area contributed by atoms with Crippen LogP contribution in [-0.4, -0.2) is 30.4 Å². The number of hydroxylamine groups is 2. The summed E-state index contributed by atoms with van der Waals surface area (Å²) in [5, 5.41) is 1.37. The molecule has 1 aliphatic rings. The molecule has 0 bridgehead atoms. The quantitative estimate of drug-likeness (QED) is 0.781. The lowest BCUT2D eigenvalue weighted by Gasteiger charge is -2.15. The number of nitrogens with zero attached hydrogens (tertiary/aromatic N) is 1. The zero-order valence-corrected chi connectivity index (χ0v) is 9.26. The number of carbonyl (C=O) groups excluding carboxylic acids is 1. The Morgan fingerprint density at radius 3 is 2.94 bits per heavy atom. The van der Waals surface area contributed by atoms with E-state index in [0.717, 1.165) is 6.42 Å². The van der Waals surface area contributed by atoms with Crippen LogP contribution in [0.5, 0.6) is 0 Å². The van der Waals surface area contributed by atoms with Crippen LogP contribution >= 0.6 is 0 Å². The molecule has 1 saturated heterocycles. The van der Waals surface area contributed by atoms with Crippen LogP contribution in [0.3, 0.4) is 0 Å². The van der Waals surface area contributed by atoms with Gasteiger partial charge in [0, 0.05) is 18.6 Å². The van der Waals surface area contributed by atoms with E-state index in [-0.39, 0.29) is 12.2 Å². The van der Waals surface area contributed by atoms with Gasteiger partial charge in [0.1, 0.15) is 0 Å². The van der Waals surface area contributed by atoms with Crippen molar-refractivity contribution in [2.24, 2.45) is 0 Å². The Morgan fingerprint density at radius 1 is 1.50 bits per heavy atom. The van der Waals surface area contributed by atoms with Crippen LogP contribution in [0.2, 0.25) is 0 Å². The molecule has 0 N–H and O–H groups in total. The summed E-state index contributed by atoms with van der Waals surface area (Å²) in [5.41, 5.74) is 0.639. The first-order chi connectivity index (χ1) is 7.81. The minimum atomic E-state index is -0.280. The van der Waals surface area contributed by atoms with Gasteiger partial charge in [-0.1, -0.05) is 18.2 Å². The van der Waals surface area contributed by atoms with E-state index in [1.54, 1.807) is 12.1 Å². The van der Waals surface area contributed by atoms with E-state index in [2.05, 4.69) is 0 Å². The highest BCUT2D eigenvalue weighted by Crippen LogP contribution is 2.17.